The van der Waals surface area contributed by atoms with Crippen molar-refractivity contribution in [1.82, 2.24) is 15.5 Å². The van der Waals surface area contributed by atoms with E-state index in [0.717, 1.165) is 38.2 Å². The second-order valence-corrected chi connectivity index (χ2v) is 6.05. The van der Waals surface area contributed by atoms with E-state index in [-0.39, 0.29) is 0 Å². The number of likely N-dealkylation sites (N-methyl/N-ethyl adjacent to an activating group) is 1. The summed E-state index contributed by atoms with van der Waals surface area (Å²) in [4.78, 5) is 6.86. The van der Waals surface area contributed by atoms with Gasteiger partial charge in [-0.1, -0.05) is 44.2 Å². The number of hydrogen-bond donors (Lipinski definition) is 2. The van der Waals surface area contributed by atoms with E-state index in [1.54, 1.807) is 0 Å². The van der Waals surface area contributed by atoms with Crippen molar-refractivity contribution in [3.63, 3.8) is 0 Å². The van der Waals surface area contributed by atoms with Crippen molar-refractivity contribution in [2.75, 3.05) is 33.2 Å². The summed E-state index contributed by atoms with van der Waals surface area (Å²) in [7, 11) is 1.83. The molecule has 0 amide bonds. The van der Waals surface area contributed by atoms with E-state index in [1.165, 1.54) is 18.4 Å². The monoisotopic (exact) mass is 302 g/mol. The first-order valence-electron chi connectivity index (χ1n) is 8.48. The Balaban J connectivity index is 1.68. The molecule has 2 N–H and O–H groups in total. The topological polar surface area (TPSA) is 39.7 Å². The van der Waals surface area contributed by atoms with Crippen LogP contribution in [0.3, 0.4) is 0 Å². The number of nitrogens with zero attached hydrogens (tertiary/aromatic N) is 2. The van der Waals surface area contributed by atoms with Gasteiger partial charge in [0, 0.05) is 32.7 Å². The molecule has 1 atom stereocenters. The first kappa shape index (κ1) is 16.8. The zero-order valence-electron chi connectivity index (χ0n) is 14.2. The number of rotatable bonds is 8. The van der Waals surface area contributed by atoms with Gasteiger partial charge in [-0.15, -0.1) is 0 Å². The Kier molecular flexibility index (Phi) is 6.72. The molecule has 0 saturated heterocycles. The van der Waals surface area contributed by atoms with Crippen LogP contribution in [0.15, 0.2) is 35.3 Å². The molecule has 22 heavy (non-hydrogen) atoms. The van der Waals surface area contributed by atoms with Crippen molar-refractivity contribution in [2.45, 2.75) is 38.6 Å². The van der Waals surface area contributed by atoms with Crippen LogP contribution in [-0.2, 0) is 0 Å². The van der Waals surface area contributed by atoms with Crippen LogP contribution in [-0.4, -0.2) is 50.1 Å². The molecular formula is C18H30N4. The predicted octanol–water partition coefficient (Wildman–Crippen LogP) is 2.44. The van der Waals surface area contributed by atoms with E-state index in [0.29, 0.717) is 5.92 Å². The third-order valence-electron chi connectivity index (χ3n) is 4.33. The van der Waals surface area contributed by atoms with Crippen LogP contribution in [0.2, 0.25) is 0 Å². The Morgan fingerprint density at radius 2 is 2.00 bits per heavy atom. The van der Waals surface area contributed by atoms with E-state index < -0.39 is 0 Å². The van der Waals surface area contributed by atoms with Gasteiger partial charge in [0.25, 0.3) is 0 Å². The summed E-state index contributed by atoms with van der Waals surface area (Å²) in [6.45, 7) is 8.56. The van der Waals surface area contributed by atoms with E-state index in [1.807, 2.05) is 7.05 Å². The lowest BCUT2D eigenvalue weighted by atomic mass is 10.0. The van der Waals surface area contributed by atoms with Gasteiger partial charge in [-0.25, -0.2) is 0 Å². The lowest BCUT2D eigenvalue weighted by molar-refractivity contribution is 0.282. The highest BCUT2D eigenvalue weighted by Gasteiger charge is 2.27. The summed E-state index contributed by atoms with van der Waals surface area (Å²) in [5, 5.41) is 6.85. The van der Waals surface area contributed by atoms with Gasteiger partial charge in [0.05, 0.1) is 0 Å². The molecule has 0 heterocycles. The molecule has 1 fully saturated rings. The van der Waals surface area contributed by atoms with Gasteiger partial charge in [0.15, 0.2) is 5.96 Å². The normalized spacial score (nSPS) is 16.6. The molecule has 4 nitrogen and oxygen atoms in total. The Labute approximate surface area is 135 Å². The highest BCUT2D eigenvalue weighted by Crippen LogP contribution is 2.25. The summed E-state index contributed by atoms with van der Waals surface area (Å²) in [6, 6.07) is 11.4. The Morgan fingerprint density at radius 1 is 1.27 bits per heavy atom. The first-order valence-corrected chi connectivity index (χ1v) is 8.48. The molecule has 1 aliphatic rings. The number of nitrogens with one attached hydrogen (secondary N) is 2. The molecule has 0 radical (unpaired) electrons. The van der Waals surface area contributed by atoms with Gasteiger partial charge in [0.2, 0.25) is 0 Å². The summed E-state index contributed by atoms with van der Waals surface area (Å²) >= 11 is 0. The van der Waals surface area contributed by atoms with Crippen molar-refractivity contribution in [1.29, 1.82) is 0 Å². The minimum atomic E-state index is 0.471. The zero-order chi connectivity index (χ0) is 15.8. The molecule has 0 spiro atoms. The predicted molar refractivity (Wildman–Crippen MR) is 94.5 cm³/mol. The van der Waals surface area contributed by atoms with Crippen molar-refractivity contribution in [3.05, 3.63) is 35.9 Å². The fraction of sp³-hybridized carbons (Fsp3) is 0.611. The van der Waals surface area contributed by atoms with E-state index in [4.69, 9.17) is 0 Å². The SMILES string of the molecule is CCN(CCNC(=NC)NCC(C)c1ccccc1)C1CC1. The second kappa shape index (κ2) is 8.79. The van der Waals surface area contributed by atoms with E-state index >= 15 is 0 Å². The Morgan fingerprint density at radius 3 is 2.59 bits per heavy atom. The van der Waals surface area contributed by atoms with Crippen molar-refractivity contribution < 1.29 is 0 Å². The van der Waals surface area contributed by atoms with Crippen molar-refractivity contribution >= 4 is 5.96 Å². The Hall–Kier alpha value is -1.55. The molecule has 4 heteroatoms. The minimum absolute atomic E-state index is 0.471. The first-order chi connectivity index (χ1) is 10.7. The third kappa shape index (κ3) is 5.34. The molecule has 1 saturated carbocycles. The molecule has 1 unspecified atom stereocenters. The molecular weight excluding hydrogens is 272 g/mol. The van der Waals surface area contributed by atoms with Gasteiger partial charge >= 0.3 is 0 Å². The van der Waals surface area contributed by atoms with Crippen LogP contribution in [0.25, 0.3) is 0 Å². The van der Waals surface area contributed by atoms with Gasteiger partial charge in [0.1, 0.15) is 0 Å². The lowest BCUT2D eigenvalue weighted by Gasteiger charge is -2.21. The van der Waals surface area contributed by atoms with Crippen LogP contribution >= 0.6 is 0 Å². The van der Waals surface area contributed by atoms with Gasteiger partial charge in [-0.05, 0) is 30.9 Å². The molecule has 0 bridgehead atoms. The fourth-order valence-corrected chi connectivity index (χ4v) is 2.73. The van der Waals surface area contributed by atoms with Gasteiger partial charge in [-0.3, -0.25) is 9.89 Å². The number of guanidine groups is 1. The largest absolute Gasteiger partial charge is 0.356 e. The summed E-state index contributed by atoms with van der Waals surface area (Å²) in [6.07, 6.45) is 2.74. The number of aliphatic imine (C=N–C) groups is 1. The number of hydrogen-bond acceptors (Lipinski definition) is 2. The molecule has 1 aromatic rings. The average Bonchev–Trinajstić information content (AvgIpc) is 3.39. The lowest BCUT2D eigenvalue weighted by Crippen LogP contribution is -2.43. The third-order valence-corrected chi connectivity index (χ3v) is 4.33. The van der Waals surface area contributed by atoms with Crippen LogP contribution in [0, 0.1) is 0 Å². The average molecular weight is 302 g/mol. The van der Waals surface area contributed by atoms with Crippen molar-refractivity contribution in [2.24, 2.45) is 4.99 Å². The summed E-state index contributed by atoms with van der Waals surface area (Å²) < 4.78 is 0. The van der Waals surface area contributed by atoms with Crippen LogP contribution in [0.5, 0.6) is 0 Å². The zero-order valence-corrected chi connectivity index (χ0v) is 14.2. The maximum Gasteiger partial charge on any atom is 0.191 e. The molecule has 1 aromatic carbocycles. The van der Waals surface area contributed by atoms with Crippen LogP contribution < -0.4 is 10.6 Å². The fourth-order valence-electron chi connectivity index (χ4n) is 2.73. The molecule has 1 aliphatic carbocycles. The maximum atomic E-state index is 4.31. The minimum Gasteiger partial charge on any atom is -0.356 e. The van der Waals surface area contributed by atoms with Crippen LogP contribution in [0.1, 0.15) is 38.2 Å². The highest BCUT2D eigenvalue weighted by atomic mass is 15.2. The van der Waals surface area contributed by atoms with Gasteiger partial charge in [-0.2, -0.15) is 0 Å². The molecule has 2 rings (SSSR count). The molecule has 122 valence electrons. The molecule has 0 aromatic heterocycles. The molecule has 0 aliphatic heterocycles. The summed E-state index contributed by atoms with van der Waals surface area (Å²) in [5.74, 6) is 1.37. The Bertz CT molecular complexity index is 453. The van der Waals surface area contributed by atoms with E-state index in [2.05, 4.69) is 64.7 Å². The smallest absolute Gasteiger partial charge is 0.191 e. The quantitative estimate of drug-likeness (QED) is 0.572. The van der Waals surface area contributed by atoms with Crippen LogP contribution in [0.4, 0.5) is 0 Å². The van der Waals surface area contributed by atoms with E-state index in [9.17, 15) is 0 Å². The second-order valence-electron chi connectivity index (χ2n) is 6.05. The van der Waals surface area contributed by atoms with Crippen molar-refractivity contribution in [3.8, 4) is 0 Å². The number of benzene rings is 1. The standard InChI is InChI=1S/C18H30N4/c1-4-22(17-10-11-17)13-12-20-18(19-3)21-14-15(2)16-8-6-5-7-9-16/h5-9,15,17H,4,10-14H2,1-3H3,(H2,19,20,21). The summed E-state index contributed by atoms with van der Waals surface area (Å²) in [5.41, 5.74) is 1.36. The van der Waals surface area contributed by atoms with Gasteiger partial charge < -0.3 is 10.6 Å². The maximum absolute atomic E-state index is 4.31. The highest BCUT2D eigenvalue weighted by molar-refractivity contribution is 5.79.